The van der Waals surface area contributed by atoms with E-state index in [1.165, 1.54) is 14.2 Å². The average Bonchev–Trinajstić information content (AvgIpc) is 3.28. The number of carbonyl (C=O) groups is 2. The number of rotatable bonds is 15. The van der Waals surface area contributed by atoms with Crippen LogP contribution in [0.15, 0.2) is 121 Å². The van der Waals surface area contributed by atoms with Crippen LogP contribution in [-0.4, -0.2) is 94.2 Å². The predicted octanol–water partition coefficient (Wildman–Crippen LogP) is 6.47. The highest BCUT2D eigenvalue weighted by Crippen LogP contribution is 2.40. The molecule has 3 aliphatic heterocycles. The van der Waals surface area contributed by atoms with Crippen LogP contribution < -0.4 is 0 Å². The molecule has 0 spiro atoms. The number of esters is 2. The van der Waals surface area contributed by atoms with E-state index in [-0.39, 0.29) is 26.4 Å². The lowest BCUT2D eigenvalue weighted by Gasteiger charge is -2.51. The molecule has 0 unspecified atom stereocenters. The maximum absolute atomic E-state index is 13.9. The van der Waals surface area contributed by atoms with E-state index in [1.54, 1.807) is 20.8 Å². The van der Waals surface area contributed by atoms with Crippen molar-refractivity contribution in [3.05, 3.63) is 144 Å². The maximum Gasteiger partial charge on any atom is 0.337 e. The van der Waals surface area contributed by atoms with Crippen LogP contribution in [0.25, 0.3) is 0 Å². The largest absolute Gasteiger partial charge is 0.467 e. The molecule has 4 aromatic carbocycles. The quantitative estimate of drug-likeness (QED) is 0.121. The summed E-state index contributed by atoms with van der Waals surface area (Å²) in [5, 5.41) is 0. The molecular weight excluding hydrogens is 773 g/mol. The highest BCUT2D eigenvalue weighted by molar-refractivity contribution is 5.77. The minimum Gasteiger partial charge on any atom is -0.467 e. The molecule has 0 aromatic heterocycles. The van der Waals surface area contributed by atoms with Gasteiger partial charge in [-0.2, -0.15) is 0 Å². The molecule has 0 bridgehead atoms. The van der Waals surface area contributed by atoms with Crippen molar-refractivity contribution in [3.63, 3.8) is 0 Å². The van der Waals surface area contributed by atoms with Gasteiger partial charge in [0.15, 0.2) is 31.1 Å². The second kappa shape index (κ2) is 20.3. The molecule has 13 nitrogen and oxygen atoms in total. The molecule has 0 aliphatic carbocycles. The van der Waals surface area contributed by atoms with Gasteiger partial charge in [0, 0.05) is 12.7 Å². The Balaban J connectivity index is 1.27. The third-order valence-corrected chi connectivity index (χ3v) is 10.5. The topological polar surface area (TPSA) is 136 Å². The standard InChI is InChI=1S/C47H54O13/c1-47(2,3)46(49)60-41-38(54-28-32-22-14-8-15-23-32)37(53-27-31-20-12-7-13-21-31)39(42(48)50-4)58-45(41)59-40-36(52-26-30-18-10-6-11-19-30)35-34(56-44(40)51-5)29-55-43(57-35)33-24-16-9-17-25-33/h6-25,34-41,43-45H,26-29H2,1-5H3/t34-,35-,36+,37+,38+,39+,40+,41-,43-,44+,45+/m1/s1. The Morgan fingerprint density at radius 1 is 0.600 bits per heavy atom. The fraction of sp³-hybridized carbons (Fsp3) is 0.447. The Hall–Kier alpha value is -4.54. The van der Waals surface area contributed by atoms with Crippen molar-refractivity contribution < 1.29 is 61.7 Å². The van der Waals surface area contributed by atoms with Crippen molar-refractivity contribution in [2.75, 3.05) is 20.8 Å². The first kappa shape index (κ1) is 43.5. The van der Waals surface area contributed by atoms with Crippen LogP contribution in [0.4, 0.5) is 0 Å². The number of carbonyl (C=O) groups excluding carboxylic acids is 2. The molecule has 0 amide bonds. The summed E-state index contributed by atoms with van der Waals surface area (Å²) in [5.41, 5.74) is 2.45. The highest BCUT2D eigenvalue weighted by Gasteiger charge is 2.58. The second-order valence-corrected chi connectivity index (χ2v) is 15.9. The number of fused-ring (bicyclic) bond motifs is 1. The van der Waals surface area contributed by atoms with E-state index < -0.39 is 85.1 Å². The molecule has 60 heavy (non-hydrogen) atoms. The van der Waals surface area contributed by atoms with Gasteiger partial charge in [0.2, 0.25) is 0 Å². The Bertz CT molecular complexity index is 1930. The third kappa shape index (κ3) is 10.7. The Labute approximate surface area is 351 Å². The molecule has 3 fully saturated rings. The van der Waals surface area contributed by atoms with Crippen LogP contribution in [0.5, 0.6) is 0 Å². The SMILES string of the molecule is COC(=O)[C@H]1O[C@@H](O[C@@H]2[C@@H](OC)O[C@@H]3CO[C@@H](c4ccccc4)O[C@H]3[C@@H]2OCc2ccccc2)[C@H](OC(=O)C(C)(C)C)[C@@H](OCc2ccccc2)[C@@H]1OCc1ccccc1. The van der Waals surface area contributed by atoms with Crippen LogP contribution >= 0.6 is 0 Å². The van der Waals surface area contributed by atoms with Crippen molar-refractivity contribution in [2.24, 2.45) is 5.41 Å². The summed E-state index contributed by atoms with van der Waals surface area (Å²) in [6.45, 7) is 5.74. The first-order chi connectivity index (χ1) is 29.1. The van der Waals surface area contributed by atoms with Crippen molar-refractivity contribution >= 4 is 11.9 Å². The van der Waals surface area contributed by atoms with E-state index in [0.717, 1.165) is 22.3 Å². The molecule has 320 valence electrons. The zero-order valence-corrected chi connectivity index (χ0v) is 34.5. The molecule has 0 radical (unpaired) electrons. The molecule has 0 N–H and O–H groups in total. The van der Waals surface area contributed by atoms with E-state index >= 15 is 0 Å². The van der Waals surface area contributed by atoms with Crippen molar-refractivity contribution in [2.45, 2.75) is 108 Å². The molecular formula is C47H54O13. The van der Waals surface area contributed by atoms with Crippen LogP contribution in [-0.2, 0) is 81.5 Å². The van der Waals surface area contributed by atoms with Gasteiger partial charge >= 0.3 is 11.9 Å². The number of hydrogen-bond donors (Lipinski definition) is 0. The summed E-state index contributed by atoms with van der Waals surface area (Å²) >= 11 is 0. The third-order valence-electron chi connectivity index (χ3n) is 10.5. The minimum atomic E-state index is -1.46. The first-order valence-electron chi connectivity index (χ1n) is 20.2. The summed E-state index contributed by atoms with van der Waals surface area (Å²) in [5.74, 6) is -1.30. The monoisotopic (exact) mass is 826 g/mol. The molecule has 11 atom stereocenters. The number of benzene rings is 4. The highest BCUT2D eigenvalue weighted by atomic mass is 16.8. The van der Waals surface area contributed by atoms with E-state index in [4.69, 9.17) is 52.1 Å². The van der Waals surface area contributed by atoms with Crippen LogP contribution in [0.2, 0.25) is 0 Å². The van der Waals surface area contributed by atoms with E-state index in [9.17, 15) is 9.59 Å². The zero-order chi connectivity index (χ0) is 42.1. The summed E-state index contributed by atoms with van der Waals surface area (Å²) < 4.78 is 70.3. The zero-order valence-electron chi connectivity index (χ0n) is 34.5. The molecule has 3 heterocycles. The fourth-order valence-corrected chi connectivity index (χ4v) is 7.33. The lowest BCUT2D eigenvalue weighted by atomic mass is 9.94. The normalized spacial score (nSPS) is 29.2. The van der Waals surface area contributed by atoms with Gasteiger partial charge in [0.1, 0.15) is 36.6 Å². The van der Waals surface area contributed by atoms with Crippen molar-refractivity contribution in [3.8, 4) is 0 Å². The summed E-state index contributed by atoms with van der Waals surface area (Å²) in [6.07, 6.45) is -11.5. The Morgan fingerprint density at radius 3 is 1.63 bits per heavy atom. The summed E-state index contributed by atoms with van der Waals surface area (Å²) in [6, 6.07) is 38.2. The maximum atomic E-state index is 13.9. The van der Waals surface area contributed by atoms with Crippen LogP contribution in [0.1, 0.15) is 49.3 Å². The Kier molecular flexibility index (Phi) is 14.8. The van der Waals surface area contributed by atoms with Gasteiger partial charge in [-0.1, -0.05) is 121 Å². The molecule has 3 saturated heterocycles. The molecule has 3 aliphatic rings. The van der Waals surface area contributed by atoms with E-state index in [0.29, 0.717) is 0 Å². The first-order valence-corrected chi connectivity index (χ1v) is 20.2. The predicted molar refractivity (Wildman–Crippen MR) is 216 cm³/mol. The molecule has 7 rings (SSSR count). The van der Waals surface area contributed by atoms with E-state index in [1.807, 2.05) is 121 Å². The summed E-state index contributed by atoms with van der Waals surface area (Å²) in [7, 11) is 2.75. The van der Waals surface area contributed by atoms with Gasteiger partial charge in [0.25, 0.3) is 0 Å². The van der Waals surface area contributed by atoms with E-state index in [2.05, 4.69) is 0 Å². The van der Waals surface area contributed by atoms with Crippen molar-refractivity contribution in [1.82, 2.24) is 0 Å². The number of hydrogen-bond acceptors (Lipinski definition) is 13. The number of ether oxygens (including phenoxy) is 11. The van der Waals surface area contributed by atoms with Gasteiger partial charge in [-0.05, 0) is 37.5 Å². The van der Waals surface area contributed by atoms with Gasteiger partial charge in [-0.15, -0.1) is 0 Å². The molecule has 0 saturated carbocycles. The fourth-order valence-electron chi connectivity index (χ4n) is 7.33. The van der Waals surface area contributed by atoms with Crippen molar-refractivity contribution in [1.29, 1.82) is 0 Å². The summed E-state index contributed by atoms with van der Waals surface area (Å²) in [4.78, 5) is 27.7. The smallest absolute Gasteiger partial charge is 0.337 e. The van der Waals surface area contributed by atoms with Crippen LogP contribution in [0, 0.1) is 5.41 Å². The number of methoxy groups -OCH3 is 2. The Morgan fingerprint density at radius 2 is 1.12 bits per heavy atom. The lowest BCUT2D eigenvalue weighted by Crippen LogP contribution is -2.67. The van der Waals surface area contributed by atoms with Gasteiger partial charge in [-0.3, -0.25) is 4.79 Å². The van der Waals surface area contributed by atoms with Gasteiger partial charge < -0.3 is 52.1 Å². The second-order valence-electron chi connectivity index (χ2n) is 15.9. The molecule has 13 heteroatoms. The average molecular weight is 827 g/mol. The molecule has 4 aromatic rings. The minimum absolute atomic E-state index is 0.0788. The van der Waals surface area contributed by atoms with Crippen LogP contribution in [0.3, 0.4) is 0 Å². The van der Waals surface area contributed by atoms with Gasteiger partial charge in [0.05, 0.1) is 39.0 Å². The lowest BCUT2D eigenvalue weighted by molar-refractivity contribution is -0.395. The van der Waals surface area contributed by atoms with Gasteiger partial charge in [-0.25, -0.2) is 4.79 Å².